The van der Waals surface area contributed by atoms with Gasteiger partial charge in [-0.1, -0.05) is 36.4 Å². The van der Waals surface area contributed by atoms with Gasteiger partial charge in [0.1, 0.15) is 23.9 Å². The van der Waals surface area contributed by atoms with Crippen LogP contribution in [0, 0.1) is 0 Å². The van der Waals surface area contributed by atoms with E-state index in [-0.39, 0.29) is 12.2 Å². The minimum Gasteiger partial charge on any atom is -0.364 e. The highest BCUT2D eigenvalue weighted by Crippen LogP contribution is 2.49. The Bertz CT molecular complexity index is 702. The van der Waals surface area contributed by atoms with Gasteiger partial charge in [0.2, 0.25) is 0 Å². The Hall–Kier alpha value is -1.28. The molecule has 3 saturated heterocycles. The molecule has 3 heterocycles. The van der Waals surface area contributed by atoms with Gasteiger partial charge in [-0.25, -0.2) is 0 Å². The Kier molecular flexibility index (Phi) is 5.15. The van der Waals surface area contributed by atoms with Crippen LogP contribution in [0.2, 0.25) is 0 Å². The van der Waals surface area contributed by atoms with E-state index in [4.69, 9.17) is 28.4 Å². The third kappa shape index (κ3) is 3.65. The largest absolute Gasteiger partial charge is 0.364 e. The van der Waals surface area contributed by atoms with Crippen molar-refractivity contribution in [3.05, 3.63) is 48.6 Å². The van der Waals surface area contributed by atoms with Gasteiger partial charge in [-0.15, -0.1) is 6.58 Å². The van der Waals surface area contributed by atoms with Crippen LogP contribution in [-0.2, 0) is 35.0 Å². The van der Waals surface area contributed by atoms with Gasteiger partial charge in [-0.3, -0.25) is 0 Å². The van der Waals surface area contributed by atoms with Crippen molar-refractivity contribution in [2.24, 2.45) is 0 Å². The first-order valence-electron chi connectivity index (χ1n) is 9.86. The molecule has 0 amide bonds. The lowest BCUT2D eigenvalue weighted by Gasteiger charge is -2.39. The quantitative estimate of drug-likeness (QED) is 0.693. The molecule has 28 heavy (non-hydrogen) atoms. The van der Waals surface area contributed by atoms with Crippen molar-refractivity contribution in [1.29, 1.82) is 0 Å². The van der Waals surface area contributed by atoms with E-state index in [9.17, 15) is 0 Å². The fraction of sp³-hybridized carbons (Fsp3) is 0.636. The molecule has 154 valence electrons. The van der Waals surface area contributed by atoms with Crippen molar-refractivity contribution in [3.8, 4) is 0 Å². The van der Waals surface area contributed by atoms with Crippen LogP contribution in [0.15, 0.2) is 43.0 Å². The van der Waals surface area contributed by atoms with E-state index in [1.54, 1.807) is 0 Å². The van der Waals surface area contributed by atoms with Crippen LogP contribution in [-0.4, -0.2) is 48.4 Å². The Morgan fingerprint density at radius 3 is 2.43 bits per heavy atom. The third-order valence-electron chi connectivity index (χ3n) is 5.48. The highest BCUT2D eigenvalue weighted by Gasteiger charge is 2.66. The Morgan fingerprint density at radius 1 is 1.04 bits per heavy atom. The SMILES string of the molecule is C=CC[C@]1(OCc2ccccc2)[C@@H]([C@H]2COC(C)(C)O2)O[C@@H]2OC(C)(C)O[C@@H]21. The summed E-state index contributed by atoms with van der Waals surface area (Å²) >= 11 is 0. The summed E-state index contributed by atoms with van der Waals surface area (Å²) in [6, 6.07) is 10.1. The summed E-state index contributed by atoms with van der Waals surface area (Å²) in [4.78, 5) is 0. The molecule has 1 aromatic carbocycles. The fourth-order valence-electron chi connectivity index (χ4n) is 4.32. The summed E-state index contributed by atoms with van der Waals surface area (Å²) < 4.78 is 37.1. The van der Waals surface area contributed by atoms with Crippen molar-refractivity contribution in [2.75, 3.05) is 6.61 Å². The van der Waals surface area contributed by atoms with E-state index in [0.717, 1.165) is 5.56 Å². The van der Waals surface area contributed by atoms with E-state index < -0.39 is 29.6 Å². The molecule has 1 aromatic rings. The van der Waals surface area contributed by atoms with Crippen LogP contribution < -0.4 is 0 Å². The molecule has 0 saturated carbocycles. The molecule has 4 rings (SSSR count). The van der Waals surface area contributed by atoms with Crippen LogP contribution in [0.3, 0.4) is 0 Å². The van der Waals surface area contributed by atoms with Gasteiger partial charge < -0.3 is 28.4 Å². The van der Waals surface area contributed by atoms with Crippen molar-refractivity contribution in [3.63, 3.8) is 0 Å². The lowest BCUT2D eigenvalue weighted by molar-refractivity contribution is -0.257. The first kappa shape index (κ1) is 20.0. The monoisotopic (exact) mass is 390 g/mol. The Balaban J connectivity index is 1.65. The van der Waals surface area contributed by atoms with Crippen LogP contribution in [0.4, 0.5) is 0 Å². The van der Waals surface area contributed by atoms with Crippen LogP contribution >= 0.6 is 0 Å². The van der Waals surface area contributed by atoms with Crippen LogP contribution in [0.5, 0.6) is 0 Å². The molecule has 6 nitrogen and oxygen atoms in total. The molecule has 6 heteroatoms. The Labute approximate surface area is 166 Å². The van der Waals surface area contributed by atoms with E-state index in [2.05, 4.69) is 6.58 Å². The molecule has 3 aliphatic heterocycles. The molecule has 3 aliphatic rings. The highest BCUT2D eigenvalue weighted by molar-refractivity contribution is 5.16. The zero-order valence-electron chi connectivity index (χ0n) is 17.1. The molecule has 0 aromatic heterocycles. The zero-order valence-corrected chi connectivity index (χ0v) is 17.1. The van der Waals surface area contributed by atoms with Crippen molar-refractivity contribution in [2.45, 2.75) is 82.5 Å². The maximum Gasteiger partial charge on any atom is 0.190 e. The molecule has 0 radical (unpaired) electrons. The topological polar surface area (TPSA) is 55.4 Å². The zero-order chi connectivity index (χ0) is 20.0. The molecule has 0 bridgehead atoms. The second-order valence-corrected chi connectivity index (χ2v) is 8.57. The van der Waals surface area contributed by atoms with Gasteiger partial charge in [0.15, 0.2) is 17.9 Å². The number of rotatable bonds is 6. The summed E-state index contributed by atoms with van der Waals surface area (Å²) in [6.07, 6.45) is 0.795. The first-order valence-corrected chi connectivity index (χ1v) is 9.86. The second-order valence-electron chi connectivity index (χ2n) is 8.57. The number of hydrogen-bond donors (Lipinski definition) is 0. The minimum atomic E-state index is -0.787. The van der Waals surface area contributed by atoms with Crippen molar-refractivity contribution < 1.29 is 28.4 Å². The number of fused-ring (bicyclic) bond motifs is 1. The van der Waals surface area contributed by atoms with Gasteiger partial charge in [0.25, 0.3) is 0 Å². The van der Waals surface area contributed by atoms with Gasteiger partial charge in [-0.05, 0) is 39.7 Å². The van der Waals surface area contributed by atoms with Gasteiger partial charge >= 0.3 is 0 Å². The molecular weight excluding hydrogens is 360 g/mol. The second kappa shape index (κ2) is 7.20. The predicted molar refractivity (Wildman–Crippen MR) is 102 cm³/mol. The molecule has 0 aliphatic carbocycles. The maximum absolute atomic E-state index is 6.58. The smallest absolute Gasteiger partial charge is 0.190 e. The summed E-state index contributed by atoms with van der Waals surface area (Å²) in [5.41, 5.74) is 0.292. The normalized spacial score (nSPS) is 38.4. The fourth-order valence-corrected chi connectivity index (χ4v) is 4.32. The Morgan fingerprint density at radius 2 is 1.79 bits per heavy atom. The summed E-state index contributed by atoms with van der Waals surface area (Å²) in [5.74, 6) is -1.40. The average molecular weight is 390 g/mol. The molecule has 0 spiro atoms. The highest BCUT2D eigenvalue weighted by atomic mass is 16.9. The molecule has 0 N–H and O–H groups in total. The summed E-state index contributed by atoms with van der Waals surface area (Å²) in [6.45, 7) is 12.4. The minimum absolute atomic E-state index is 0.286. The van der Waals surface area contributed by atoms with Gasteiger partial charge in [0, 0.05) is 0 Å². The van der Waals surface area contributed by atoms with E-state index in [1.165, 1.54) is 0 Å². The summed E-state index contributed by atoms with van der Waals surface area (Å²) in [7, 11) is 0. The third-order valence-corrected chi connectivity index (χ3v) is 5.48. The van der Waals surface area contributed by atoms with Crippen molar-refractivity contribution in [1.82, 2.24) is 0 Å². The first-order chi connectivity index (χ1) is 13.2. The number of benzene rings is 1. The van der Waals surface area contributed by atoms with Gasteiger partial charge in [-0.2, -0.15) is 0 Å². The predicted octanol–water partition coefficient (Wildman–Crippen LogP) is 3.55. The standard InChI is InChI=1S/C22H30O6/c1-6-12-22(24-13-15-10-8-7-9-11-15)17(16-14-23-20(2,3)26-16)25-19-18(22)27-21(4,5)28-19/h6-11,16-19H,1,12-14H2,2-5H3/t16-,17-,18+,19-,22+/m1/s1. The number of ether oxygens (including phenoxy) is 6. The van der Waals surface area contributed by atoms with Crippen molar-refractivity contribution >= 4 is 0 Å². The van der Waals surface area contributed by atoms with Gasteiger partial charge in [0.05, 0.1) is 13.2 Å². The maximum atomic E-state index is 6.58. The average Bonchev–Trinajstić information content (AvgIpc) is 3.24. The molecular formula is C22H30O6. The van der Waals surface area contributed by atoms with Crippen LogP contribution in [0.25, 0.3) is 0 Å². The van der Waals surface area contributed by atoms with E-state index in [1.807, 2.05) is 64.1 Å². The molecule has 0 unspecified atom stereocenters. The van der Waals surface area contributed by atoms with E-state index in [0.29, 0.717) is 19.6 Å². The molecule has 3 fully saturated rings. The lowest BCUT2D eigenvalue weighted by Crippen LogP contribution is -2.55. The molecule has 5 atom stereocenters. The number of hydrogen-bond acceptors (Lipinski definition) is 6. The van der Waals surface area contributed by atoms with Crippen LogP contribution in [0.1, 0.15) is 39.7 Å². The lowest BCUT2D eigenvalue weighted by atomic mass is 9.85. The van der Waals surface area contributed by atoms with E-state index >= 15 is 0 Å². The summed E-state index contributed by atoms with van der Waals surface area (Å²) in [5, 5.41) is 0.